The van der Waals surface area contributed by atoms with Gasteiger partial charge >= 0.3 is 0 Å². The highest BCUT2D eigenvalue weighted by Crippen LogP contribution is 2.17. The first-order valence-electron chi connectivity index (χ1n) is 7.36. The first kappa shape index (κ1) is 15.3. The molecule has 0 aliphatic carbocycles. The van der Waals surface area contributed by atoms with Crippen molar-refractivity contribution in [2.45, 2.75) is 40.7 Å². The lowest BCUT2D eigenvalue weighted by Crippen LogP contribution is -2.08. The maximum atomic E-state index is 5.82. The summed E-state index contributed by atoms with van der Waals surface area (Å²) in [7, 11) is 0. The summed E-state index contributed by atoms with van der Waals surface area (Å²) in [4.78, 5) is 8.91. The van der Waals surface area contributed by atoms with Crippen molar-refractivity contribution in [2.75, 3.05) is 11.9 Å². The molecule has 21 heavy (non-hydrogen) atoms. The minimum absolute atomic E-state index is 0.380. The highest BCUT2D eigenvalue weighted by atomic mass is 16.5. The molecule has 0 saturated heterocycles. The number of nitrogens with one attached hydrogen (secondary N) is 1. The molecule has 0 amide bonds. The molecule has 1 aromatic heterocycles. The Morgan fingerprint density at radius 1 is 1.00 bits per heavy atom. The Hall–Kier alpha value is -2.10. The Morgan fingerprint density at radius 3 is 2.38 bits per heavy atom. The second kappa shape index (κ2) is 7.07. The molecule has 1 heterocycles. The van der Waals surface area contributed by atoms with E-state index in [4.69, 9.17) is 4.74 Å². The first-order chi connectivity index (χ1) is 10.1. The molecule has 1 N–H and O–H groups in total. The third-order valence-corrected chi connectivity index (χ3v) is 3.02. The van der Waals surface area contributed by atoms with Crippen LogP contribution in [0.25, 0.3) is 0 Å². The van der Waals surface area contributed by atoms with Gasteiger partial charge in [-0.25, -0.2) is 9.97 Å². The molecule has 2 rings (SSSR count). The third-order valence-electron chi connectivity index (χ3n) is 3.02. The zero-order valence-electron chi connectivity index (χ0n) is 13.2. The molecule has 0 aliphatic heterocycles. The van der Waals surface area contributed by atoms with Crippen LogP contribution in [0.4, 0.5) is 5.82 Å². The van der Waals surface area contributed by atoms with Gasteiger partial charge in [0.05, 0.1) is 0 Å². The van der Waals surface area contributed by atoms with Gasteiger partial charge in [-0.1, -0.05) is 13.0 Å². The Labute approximate surface area is 126 Å². The molecule has 0 aliphatic rings. The van der Waals surface area contributed by atoms with Crippen LogP contribution in [0.1, 0.15) is 36.0 Å². The van der Waals surface area contributed by atoms with Crippen molar-refractivity contribution < 1.29 is 4.74 Å². The van der Waals surface area contributed by atoms with Crippen LogP contribution < -0.4 is 10.1 Å². The van der Waals surface area contributed by atoms with E-state index in [1.54, 1.807) is 0 Å². The summed E-state index contributed by atoms with van der Waals surface area (Å²) in [5, 5.41) is 3.29. The molecule has 0 spiro atoms. The molecule has 0 unspecified atom stereocenters. The topological polar surface area (TPSA) is 47.0 Å². The van der Waals surface area contributed by atoms with Gasteiger partial charge in [0.2, 0.25) is 0 Å². The Morgan fingerprint density at radius 2 is 1.71 bits per heavy atom. The molecule has 2 aromatic rings. The summed E-state index contributed by atoms with van der Waals surface area (Å²) in [6.45, 7) is 9.52. The standard InChI is InChI=1S/C17H23N3O/c1-5-6-18-16-10-14(4)19-17(20-16)11-21-15-8-12(2)7-13(3)9-15/h7-10H,5-6,11H2,1-4H3,(H,18,19,20). The van der Waals surface area contributed by atoms with Gasteiger partial charge in [0.1, 0.15) is 18.2 Å². The van der Waals surface area contributed by atoms with Gasteiger partial charge in [0, 0.05) is 18.3 Å². The fraction of sp³-hybridized carbons (Fsp3) is 0.412. The average molecular weight is 285 g/mol. The summed E-state index contributed by atoms with van der Waals surface area (Å²) in [5.41, 5.74) is 3.34. The minimum Gasteiger partial charge on any atom is -0.486 e. The molecule has 1 aromatic carbocycles. The van der Waals surface area contributed by atoms with E-state index in [1.165, 1.54) is 11.1 Å². The Balaban J connectivity index is 2.06. The summed E-state index contributed by atoms with van der Waals surface area (Å²) < 4.78 is 5.82. The number of hydrogen-bond donors (Lipinski definition) is 1. The van der Waals surface area contributed by atoms with Crippen molar-refractivity contribution in [1.82, 2.24) is 9.97 Å². The predicted molar refractivity (Wildman–Crippen MR) is 85.8 cm³/mol. The van der Waals surface area contributed by atoms with Crippen LogP contribution in [0.3, 0.4) is 0 Å². The van der Waals surface area contributed by atoms with Crippen LogP contribution in [0.2, 0.25) is 0 Å². The van der Waals surface area contributed by atoms with E-state index in [2.05, 4.69) is 42.1 Å². The fourth-order valence-electron chi connectivity index (χ4n) is 2.20. The molecule has 0 saturated carbocycles. The quantitative estimate of drug-likeness (QED) is 0.877. The Kier molecular flexibility index (Phi) is 5.14. The van der Waals surface area contributed by atoms with Crippen LogP contribution in [0.15, 0.2) is 24.3 Å². The van der Waals surface area contributed by atoms with Crippen molar-refractivity contribution >= 4 is 5.82 Å². The Bertz CT molecular complexity index is 591. The monoisotopic (exact) mass is 285 g/mol. The molecule has 0 bridgehead atoms. The number of benzene rings is 1. The van der Waals surface area contributed by atoms with Crippen molar-refractivity contribution in [1.29, 1.82) is 0 Å². The van der Waals surface area contributed by atoms with E-state index in [0.29, 0.717) is 12.4 Å². The maximum absolute atomic E-state index is 5.82. The number of aryl methyl sites for hydroxylation is 3. The van der Waals surface area contributed by atoms with Gasteiger partial charge < -0.3 is 10.1 Å². The van der Waals surface area contributed by atoms with Crippen molar-refractivity contribution in [3.63, 3.8) is 0 Å². The van der Waals surface area contributed by atoms with Crippen LogP contribution in [0.5, 0.6) is 5.75 Å². The van der Waals surface area contributed by atoms with Crippen molar-refractivity contribution in [2.24, 2.45) is 0 Å². The molecular weight excluding hydrogens is 262 g/mol. The number of aromatic nitrogens is 2. The third kappa shape index (κ3) is 4.74. The number of nitrogens with zero attached hydrogens (tertiary/aromatic N) is 2. The lowest BCUT2D eigenvalue weighted by Gasteiger charge is -2.10. The zero-order chi connectivity index (χ0) is 15.2. The van der Waals surface area contributed by atoms with Crippen LogP contribution >= 0.6 is 0 Å². The van der Waals surface area contributed by atoms with E-state index in [1.807, 2.05) is 25.1 Å². The van der Waals surface area contributed by atoms with E-state index in [0.717, 1.165) is 30.2 Å². The smallest absolute Gasteiger partial charge is 0.168 e. The van der Waals surface area contributed by atoms with Gasteiger partial charge in [-0.05, 0) is 50.5 Å². The molecule has 0 atom stereocenters. The van der Waals surface area contributed by atoms with Gasteiger partial charge in [0.15, 0.2) is 5.82 Å². The summed E-state index contributed by atoms with van der Waals surface area (Å²) in [6, 6.07) is 8.14. The normalized spacial score (nSPS) is 10.5. The average Bonchev–Trinajstić information content (AvgIpc) is 2.41. The first-order valence-corrected chi connectivity index (χ1v) is 7.36. The summed E-state index contributed by atoms with van der Waals surface area (Å²) in [6.07, 6.45) is 1.07. The second-order valence-electron chi connectivity index (χ2n) is 5.35. The van der Waals surface area contributed by atoms with E-state index < -0.39 is 0 Å². The molecule has 0 fully saturated rings. The molecule has 0 radical (unpaired) electrons. The minimum atomic E-state index is 0.380. The zero-order valence-corrected chi connectivity index (χ0v) is 13.2. The highest BCUT2D eigenvalue weighted by Gasteiger charge is 2.04. The summed E-state index contributed by atoms with van der Waals surface area (Å²) >= 11 is 0. The number of hydrogen-bond acceptors (Lipinski definition) is 4. The van der Waals surface area contributed by atoms with Gasteiger partial charge in [-0.3, -0.25) is 0 Å². The number of rotatable bonds is 6. The molecular formula is C17H23N3O. The highest BCUT2D eigenvalue weighted by molar-refractivity contribution is 5.36. The fourth-order valence-corrected chi connectivity index (χ4v) is 2.20. The van der Waals surface area contributed by atoms with E-state index in [9.17, 15) is 0 Å². The van der Waals surface area contributed by atoms with Crippen LogP contribution in [-0.2, 0) is 6.61 Å². The van der Waals surface area contributed by atoms with Crippen molar-refractivity contribution in [3.05, 3.63) is 46.9 Å². The molecule has 112 valence electrons. The lowest BCUT2D eigenvalue weighted by molar-refractivity contribution is 0.295. The van der Waals surface area contributed by atoms with E-state index in [-0.39, 0.29) is 0 Å². The van der Waals surface area contributed by atoms with Crippen LogP contribution in [-0.4, -0.2) is 16.5 Å². The van der Waals surface area contributed by atoms with Crippen molar-refractivity contribution in [3.8, 4) is 5.75 Å². The molecule has 4 nitrogen and oxygen atoms in total. The number of anilines is 1. The van der Waals surface area contributed by atoms with Gasteiger partial charge in [-0.2, -0.15) is 0 Å². The predicted octanol–water partition coefficient (Wildman–Crippen LogP) is 3.80. The lowest BCUT2D eigenvalue weighted by atomic mass is 10.1. The largest absolute Gasteiger partial charge is 0.486 e. The van der Waals surface area contributed by atoms with E-state index >= 15 is 0 Å². The van der Waals surface area contributed by atoms with Gasteiger partial charge in [0.25, 0.3) is 0 Å². The number of ether oxygens (including phenoxy) is 1. The SMILES string of the molecule is CCCNc1cc(C)nc(COc2cc(C)cc(C)c2)n1. The van der Waals surface area contributed by atoms with Crippen LogP contribution in [0, 0.1) is 20.8 Å². The van der Waals surface area contributed by atoms with Gasteiger partial charge in [-0.15, -0.1) is 0 Å². The second-order valence-corrected chi connectivity index (χ2v) is 5.35. The summed E-state index contributed by atoms with van der Waals surface area (Å²) in [5.74, 6) is 2.43. The maximum Gasteiger partial charge on any atom is 0.168 e. The molecule has 4 heteroatoms.